The second kappa shape index (κ2) is 6.42. The van der Waals surface area contributed by atoms with Crippen LogP contribution in [0.25, 0.3) is 0 Å². The minimum Gasteiger partial charge on any atom is -0.379 e. The van der Waals surface area contributed by atoms with E-state index in [0.717, 1.165) is 58.4 Å². The van der Waals surface area contributed by atoms with Crippen LogP contribution in [-0.2, 0) is 10.9 Å². The molecule has 0 amide bonds. The van der Waals surface area contributed by atoms with E-state index in [0.29, 0.717) is 11.7 Å². The van der Waals surface area contributed by atoms with Gasteiger partial charge < -0.3 is 9.64 Å². The van der Waals surface area contributed by atoms with Crippen LogP contribution < -0.4 is 4.90 Å². The molecule has 4 nitrogen and oxygen atoms in total. The maximum Gasteiger partial charge on any atom is 0.433 e. The van der Waals surface area contributed by atoms with Crippen LogP contribution in [0.1, 0.15) is 12.1 Å². The van der Waals surface area contributed by atoms with Crippen LogP contribution in [0, 0.1) is 5.92 Å². The van der Waals surface area contributed by atoms with Crippen molar-refractivity contribution in [2.45, 2.75) is 12.6 Å². The number of morpholine rings is 1. The summed E-state index contributed by atoms with van der Waals surface area (Å²) in [5.74, 6) is 0.911. The second-order valence-corrected chi connectivity index (χ2v) is 5.89. The van der Waals surface area contributed by atoms with Crippen molar-refractivity contribution < 1.29 is 17.9 Å². The molecular formula is C15H20F3N3O. The number of hydrogen-bond donors (Lipinski definition) is 0. The SMILES string of the molecule is FC(F)(F)c1cccc(N2CC[C@@H](CN3CCOCC3)C2)n1. The zero-order valence-electron chi connectivity index (χ0n) is 12.4. The highest BCUT2D eigenvalue weighted by Gasteiger charge is 2.33. The zero-order valence-corrected chi connectivity index (χ0v) is 12.4. The molecule has 0 bridgehead atoms. The molecule has 2 aliphatic rings. The van der Waals surface area contributed by atoms with E-state index in [2.05, 4.69) is 9.88 Å². The number of pyridine rings is 1. The molecule has 2 saturated heterocycles. The minimum absolute atomic E-state index is 0.430. The van der Waals surface area contributed by atoms with Crippen molar-refractivity contribution >= 4 is 5.82 Å². The third-order valence-corrected chi connectivity index (χ3v) is 4.25. The molecule has 3 rings (SSSR count). The van der Waals surface area contributed by atoms with Gasteiger partial charge in [-0.15, -0.1) is 0 Å². The van der Waals surface area contributed by atoms with Gasteiger partial charge in [-0.3, -0.25) is 4.90 Å². The van der Waals surface area contributed by atoms with E-state index in [9.17, 15) is 13.2 Å². The van der Waals surface area contributed by atoms with Crippen molar-refractivity contribution in [1.82, 2.24) is 9.88 Å². The molecule has 0 N–H and O–H groups in total. The summed E-state index contributed by atoms with van der Waals surface area (Å²) >= 11 is 0. The Morgan fingerprint density at radius 3 is 2.68 bits per heavy atom. The molecule has 7 heteroatoms. The van der Waals surface area contributed by atoms with E-state index in [1.54, 1.807) is 6.07 Å². The molecule has 0 aromatic carbocycles. The third-order valence-electron chi connectivity index (χ3n) is 4.25. The van der Waals surface area contributed by atoms with Gasteiger partial charge in [-0.25, -0.2) is 4.98 Å². The Kier molecular flexibility index (Phi) is 4.54. The second-order valence-electron chi connectivity index (χ2n) is 5.89. The van der Waals surface area contributed by atoms with Crippen molar-refractivity contribution in [3.8, 4) is 0 Å². The van der Waals surface area contributed by atoms with Crippen LogP contribution in [0.3, 0.4) is 0 Å². The van der Waals surface area contributed by atoms with Crippen molar-refractivity contribution in [2.75, 3.05) is 50.8 Å². The molecule has 1 aromatic rings. The summed E-state index contributed by atoms with van der Waals surface area (Å²) in [6.45, 7) is 5.95. The molecule has 3 heterocycles. The first-order valence-electron chi connectivity index (χ1n) is 7.62. The smallest absolute Gasteiger partial charge is 0.379 e. The van der Waals surface area contributed by atoms with Crippen LogP contribution in [0.4, 0.5) is 19.0 Å². The van der Waals surface area contributed by atoms with Gasteiger partial charge >= 0.3 is 6.18 Å². The Bertz CT molecular complexity index is 503. The molecular weight excluding hydrogens is 295 g/mol. The Labute approximate surface area is 127 Å². The van der Waals surface area contributed by atoms with E-state index < -0.39 is 11.9 Å². The predicted octanol–water partition coefficient (Wildman–Crippen LogP) is 2.26. The van der Waals surface area contributed by atoms with Gasteiger partial charge in [0.05, 0.1) is 13.2 Å². The summed E-state index contributed by atoms with van der Waals surface area (Å²) in [4.78, 5) is 8.11. The molecule has 0 radical (unpaired) electrons. The lowest BCUT2D eigenvalue weighted by Gasteiger charge is -2.29. The monoisotopic (exact) mass is 315 g/mol. The van der Waals surface area contributed by atoms with E-state index in [1.165, 1.54) is 6.07 Å². The van der Waals surface area contributed by atoms with E-state index >= 15 is 0 Å². The quantitative estimate of drug-likeness (QED) is 0.855. The number of anilines is 1. The van der Waals surface area contributed by atoms with Gasteiger partial charge in [0.2, 0.25) is 0 Å². The normalized spacial score (nSPS) is 24.0. The van der Waals surface area contributed by atoms with Crippen molar-refractivity contribution in [1.29, 1.82) is 0 Å². The van der Waals surface area contributed by atoms with Crippen molar-refractivity contribution in [2.24, 2.45) is 5.92 Å². The fourth-order valence-corrected chi connectivity index (χ4v) is 3.10. The van der Waals surface area contributed by atoms with Gasteiger partial charge in [0.1, 0.15) is 11.5 Å². The molecule has 2 aliphatic heterocycles. The van der Waals surface area contributed by atoms with E-state index in [4.69, 9.17) is 4.74 Å². The Hall–Kier alpha value is -1.34. The van der Waals surface area contributed by atoms with Crippen molar-refractivity contribution in [3.63, 3.8) is 0 Å². The number of halogens is 3. The standard InChI is InChI=1S/C15H20F3N3O/c16-15(17,18)13-2-1-3-14(19-13)21-5-4-12(11-21)10-20-6-8-22-9-7-20/h1-3,12H,4-11H2/t12-/m0/s1. The summed E-state index contributed by atoms with van der Waals surface area (Å²) < 4.78 is 43.6. The average molecular weight is 315 g/mol. The Balaban J connectivity index is 1.60. The molecule has 0 aliphatic carbocycles. The van der Waals surface area contributed by atoms with Gasteiger partial charge in [0.25, 0.3) is 0 Å². The molecule has 1 atom stereocenters. The minimum atomic E-state index is -4.39. The van der Waals surface area contributed by atoms with E-state index in [1.807, 2.05) is 4.90 Å². The van der Waals surface area contributed by atoms with Crippen LogP contribution in [0.2, 0.25) is 0 Å². The number of aromatic nitrogens is 1. The number of alkyl halides is 3. The Morgan fingerprint density at radius 1 is 1.18 bits per heavy atom. The fraction of sp³-hybridized carbons (Fsp3) is 0.667. The molecule has 2 fully saturated rings. The lowest BCUT2D eigenvalue weighted by Crippen LogP contribution is -2.39. The maximum absolute atomic E-state index is 12.7. The first-order chi connectivity index (χ1) is 10.5. The molecule has 0 saturated carbocycles. The summed E-state index contributed by atoms with van der Waals surface area (Å²) in [7, 11) is 0. The molecule has 122 valence electrons. The highest BCUT2D eigenvalue weighted by molar-refractivity contribution is 5.41. The van der Waals surface area contributed by atoms with Crippen LogP contribution in [-0.4, -0.2) is 55.8 Å². The van der Waals surface area contributed by atoms with Crippen molar-refractivity contribution in [3.05, 3.63) is 23.9 Å². The fourth-order valence-electron chi connectivity index (χ4n) is 3.10. The molecule has 0 spiro atoms. The molecule has 22 heavy (non-hydrogen) atoms. The Morgan fingerprint density at radius 2 is 1.95 bits per heavy atom. The summed E-state index contributed by atoms with van der Waals surface area (Å²) in [5, 5.41) is 0. The number of hydrogen-bond acceptors (Lipinski definition) is 4. The highest BCUT2D eigenvalue weighted by atomic mass is 19.4. The van der Waals surface area contributed by atoms with Crippen LogP contribution >= 0.6 is 0 Å². The average Bonchev–Trinajstić information content (AvgIpc) is 2.96. The topological polar surface area (TPSA) is 28.6 Å². The van der Waals surface area contributed by atoms with Gasteiger partial charge in [0, 0.05) is 32.7 Å². The van der Waals surface area contributed by atoms with Crippen LogP contribution in [0.5, 0.6) is 0 Å². The number of nitrogens with zero attached hydrogens (tertiary/aromatic N) is 3. The first-order valence-corrected chi connectivity index (χ1v) is 7.62. The van der Waals surface area contributed by atoms with E-state index in [-0.39, 0.29) is 0 Å². The lowest BCUT2D eigenvalue weighted by atomic mass is 10.1. The van der Waals surface area contributed by atoms with Gasteiger partial charge in [-0.1, -0.05) is 6.07 Å². The van der Waals surface area contributed by atoms with Gasteiger partial charge in [-0.05, 0) is 24.5 Å². The summed E-state index contributed by atoms with van der Waals surface area (Å²) in [6, 6.07) is 4.11. The van der Waals surface area contributed by atoms with Crippen LogP contribution in [0.15, 0.2) is 18.2 Å². The zero-order chi connectivity index (χ0) is 15.6. The summed E-state index contributed by atoms with van der Waals surface area (Å²) in [6.07, 6.45) is -3.39. The summed E-state index contributed by atoms with van der Waals surface area (Å²) in [5.41, 5.74) is -0.818. The number of rotatable bonds is 3. The maximum atomic E-state index is 12.7. The van der Waals surface area contributed by atoms with Gasteiger partial charge in [-0.2, -0.15) is 13.2 Å². The molecule has 1 aromatic heterocycles. The first kappa shape index (κ1) is 15.6. The number of ether oxygens (including phenoxy) is 1. The third kappa shape index (κ3) is 3.70. The largest absolute Gasteiger partial charge is 0.433 e. The van der Waals surface area contributed by atoms with Gasteiger partial charge in [0.15, 0.2) is 0 Å². The highest BCUT2D eigenvalue weighted by Crippen LogP contribution is 2.30. The predicted molar refractivity (Wildman–Crippen MR) is 76.8 cm³/mol. The molecule has 0 unspecified atom stereocenters. The lowest BCUT2D eigenvalue weighted by molar-refractivity contribution is -0.141.